The van der Waals surface area contributed by atoms with E-state index in [-0.39, 0.29) is 21.9 Å². The molecule has 9 nitrogen and oxygen atoms in total. The molecule has 1 aromatic carbocycles. The summed E-state index contributed by atoms with van der Waals surface area (Å²) < 4.78 is 18.7. The summed E-state index contributed by atoms with van der Waals surface area (Å²) in [5.74, 6) is -3.95. The maximum Gasteiger partial charge on any atom is 0.412 e. The Balaban J connectivity index is 1.83. The minimum absolute atomic E-state index is 0.0679. The second kappa shape index (κ2) is 7.30. The molecule has 0 saturated carbocycles. The molecule has 1 aromatic heterocycles. The number of benzene rings is 1. The van der Waals surface area contributed by atoms with E-state index in [2.05, 4.69) is 10.3 Å². The third-order valence-electron chi connectivity index (χ3n) is 3.66. The van der Waals surface area contributed by atoms with Gasteiger partial charge in [-0.25, -0.2) is 14.6 Å². The molecule has 0 radical (unpaired) electrons. The number of halogens is 1. The van der Waals surface area contributed by atoms with Gasteiger partial charge in [0.2, 0.25) is 5.95 Å². The van der Waals surface area contributed by atoms with Crippen molar-refractivity contribution in [1.82, 2.24) is 10.0 Å². The number of anilines is 1. The van der Waals surface area contributed by atoms with Gasteiger partial charge in [-0.1, -0.05) is 17.2 Å². The number of nitrogens with one attached hydrogen (secondary N) is 1. The van der Waals surface area contributed by atoms with Crippen LogP contribution in [0.5, 0.6) is 0 Å². The van der Waals surface area contributed by atoms with Crippen molar-refractivity contribution in [3.05, 3.63) is 59.2 Å². The second-order valence-electron chi connectivity index (χ2n) is 7.01. The molecule has 1 N–H and O–H groups in total. The van der Waals surface area contributed by atoms with Crippen LogP contribution in [0.1, 0.15) is 51.8 Å². The Morgan fingerprint density at radius 3 is 2.24 bits per heavy atom. The Morgan fingerprint density at radius 1 is 1.10 bits per heavy atom. The van der Waals surface area contributed by atoms with Crippen molar-refractivity contribution in [2.45, 2.75) is 26.4 Å². The van der Waals surface area contributed by atoms with E-state index in [1.165, 1.54) is 12.1 Å². The maximum absolute atomic E-state index is 13.6. The lowest BCUT2D eigenvalue weighted by molar-refractivity contribution is -0.0584. The molecule has 150 valence electrons. The van der Waals surface area contributed by atoms with E-state index in [1.54, 1.807) is 32.9 Å². The van der Waals surface area contributed by atoms with Gasteiger partial charge in [-0.05, 0) is 32.9 Å². The third-order valence-corrected chi connectivity index (χ3v) is 3.66. The number of imide groups is 1. The largest absolute Gasteiger partial charge is 0.444 e. The number of carbonyl (C=O) groups is 4. The van der Waals surface area contributed by atoms with Crippen LogP contribution < -0.4 is 5.32 Å². The van der Waals surface area contributed by atoms with E-state index < -0.39 is 41.0 Å². The lowest BCUT2D eigenvalue weighted by Crippen LogP contribution is -2.33. The molecule has 0 fully saturated rings. The first-order chi connectivity index (χ1) is 13.6. The molecular weight excluding hydrogens is 385 g/mol. The monoisotopic (exact) mass is 401 g/mol. The highest BCUT2D eigenvalue weighted by molar-refractivity contribution is 6.21. The SMILES string of the molecule is CC(C)(C)OC(=O)Nc1cnc(F)cc1C(=O)ON1C(=O)c2ccccc2C1=O. The molecule has 0 bridgehead atoms. The smallest absolute Gasteiger partial charge is 0.412 e. The molecule has 0 saturated heterocycles. The van der Waals surface area contributed by atoms with Gasteiger partial charge >= 0.3 is 12.1 Å². The summed E-state index contributed by atoms with van der Waals surface area (Å²) in [5, 5.41) is 2.54. The molecule has 2 aromatic rings. The Labute approximate surface area is 164 Å². The van der Waals surface area contributed by atoms with Gasteiger partial charge in [-0.3, -0.25) is 14.9 Å². The average Bonchev–Trinajstić information content (AvgIpc) is 2.87. The van der Waals surface area contributed by atoms with Crippen molar-refractivity contribution in [1.29, 1.82) is 0 Å². The number of aromatic nitrogens is 1. The Kier molecular flexibility index (Phi) is 5.02. The van der Waals surface area contributed by atoms with E-state index in [4.69, 9.17) is 9.57 Å². The summed E-state index contributed by atoms with van der Waals surface area (Å²) in [6.07, 6.45) is -0.0289. The van der Waals surface area contributed by atoms with Crippen LogP contribution in [-0.2, 0) is 9.57 Å². The van der Waals surface area contributed by atoms with Crippen molar-refractivity contribution in [3.63, 3.8) is 0 Å². The zero-order chi connectivity index (χ0) is 21.3. The zero-order valence-electron chi connectivity index (χ0n) is 15.7. The minimum atomic E-state index is -1.24. The fourth-order valence-electron chi connectivity index (χ4n) is 2.49. The fraction of sp³-hybridized carbons (Fsp3) is 0.211. The predicted octanol–water partition coefficient (Wildman–Crippen LogP) is 2.94. The summed E-state index contributed by atoms with van der Waals surface area (Å²) in [6, 6.07) is 6.62. The first kappa shape index (κ1) is 19.9. The van der Waals surface area contributed by atoms with Crippen LogP contribution >= 0.6 is 0 Å². The topological polar surface area (TPSA) is 115 Å². The quantitative estimate of drug-likeness (QED) is 0.621. The zero-order valence-corrected chi connectivity index (χ0v) is 15.7. The van der Waals surface area contributed by atoms with Crippen molar-refractivity contribution in [3.8, 4) is 0 Å². The summed E-state index contributed by atoms with van der Waals surface area (Å²) in [4.78, 5) is 57.4. The predicted molar refractivity (Wildman–Crippen MR) is 96.4 cm³/mol. The number of hydrogen-bond donors (Lipinski definition) is 1. The number of hydrogen-bond acceptors (Lipinski definition) is 7. The molecule has 0 aliphatic carbocycles. The number of hydroxylamine groups is 2. The molecule has 0 unspecified atom stereocenters. The van der Waals surface area contributed by atoms with Crippen molar-refractivity contribution < 1.29 is 33.1 Å². The van der Waals surface area contributed by atoms with E-state index in [0.717, 1.165) is 6.20 Å². The van der Waals surface area contributed by atoms with Crippen molar-refractivity contribution in [2.24, 2.45) is 0 Å². The lowest BCUT2D eigenvalue weighted by atomic mass is 10.1. The highest BCUT2D eigenvalue weighted by Crippen LogP contribution is 2.25. The Bertz CT molecular complexity index is 996. The van der Waals surface area contributed by atoms with E-state index in [1.807, 2.05) is 0 Å². The van der Waals surface area contributed by atoms with E-state index >= 15 is 0 Å². The molecule has 1 aliphatic rings. The number of ether oxygens (including phenoxy) is 1. The van der Waals surface area contributed by atoms with Gasteiger partial charge in [0, 0.05) is 6.07 Å². The molecule has 2 heterocycles. The van der Waals surface area contributed by atoms with Crippen molar-refractivity contribution in [2.75, 3.05) is 5.32 Å². The maximum atomic E-state index is 13.6. The van der Waals surface area contributed by atoms with Crippen LogP contribution in [0.25, 0.3) is 0 Å². The van der Waals surface area contributed by atoms with Crippen LogP contribution in [0, 0.1) is 5.95 Å². The number of amides is 3. The van der Waals surface area contributed by atoms with Crippen LogP contribution in [0.2, 0.25) is 0 Å². The van der Waals surface area contributed by atoms with Crippen LogP contribution in [0.15, 0.2) is 36.5 Å². The molecule has 3 rings (SSSR count). The third kappa shape index (κ3) is 4.21. The first-order valence-electron chi connectivity index (χ1n) is 8.42. The van der Waals surface area contributed by atoms with Gasteiger partial charge in [0.25, 0.3) is 11.8 Å². The fourth-order valence-corrected chi connectivity index (χ4v) is 2.49. The standard InChI is InChI=1S/C19H16FN3O6/c1-19(2,3)28-18(27)22-13-9-21-14(20)8-12(13)17(26)29-23-15(24)10-6-4-5-7-11(10)16(23)25/h4-9H,1-3H3,(H,22,27). The van der Waals surface area contributed by atoms with Crippen LogP contribution in [0.4, 0.5) is 14.9 Å². The van der Waals surface area contributed by atoms with Gasteiger partial charge < -0.3 is 9.57 Å². The molecule has 29 heavy (non-hydrogen) atoms. The Morgan fingerprint density at radius 2 is 1.69 bits per heavy atom. The minimum Gasteiger partial charge on any atom is -0.444 e. The molecule has 0 atom stereocenters. The molecule has 10 heteroatoms. The van der Waals surface area contributed by atoms with E-state index in [9.17, 15) is 23.6 Å². The first-order valence-corrected chi connectivity index (χ1v) is 8.42. The van der Waals surface area contributed by atoms with Crippen LogP contribution in [0.3, 0.4) is 0 Å². The second-order valence-corrected chi connectivity index (χ2v) is 7.01. The van der Waals surface area contributed by atoms with Gasteiger partial charge in [-0.15, -0.1) is 0 Å². The number of nitrogens with zero attached hydrogens (tertiary/aromatic N) is 2. The molecular formula is C19H16FN3O6. The summed E-state index contributed by atoms with van der Waals surface area (Å²) in [5.41, 5.74) is -1.36. The normalized spacial score (nSPS) is 13.2. The summed E-state index contributed by atoms with van der Waals surface area (Å²) in [6.45, 7) is 4.90. The number of rotatable bonds is 3. The lowest BCUT2D eigenvalue weighted by Gasteiger charge is -2.20. The Hall–Kier alpha value is -3.82. The number of carbonyl (C=O) groups excluding carboxylic acids is 4. The van der Waals surface area contributed by atoms with Gasteiger partial charge in [0.15, 0.2) is 0 Å². The summed E-state index contributed by atoms with van der Waals surface area (Å²) in [7, 11) is 0. The molecule has 1 aliphatic heterocycles. The van der Waals surface area contributed by atoms with E-state index in [0.29, 0.717) is 6.07 Å². The molecule has 0 spiro atoms. The number of pyridine rings is 1. The highest BCUT2D eigenvalue weighted by Gasteiger charge is 2.39. The average molecular weight is 401 g/mol. The summed E-state index contributed by atoms with van der Waals surface area (Å²) >= 11 is 0. The van der Waals surface area contributed by atoms with Crippen molar-refractivity contribution >= 4 is 29.6 Å². The van der Waals surface area contributed by atoms with Gasteiger partial charge in [-0.2, -0.15) is 4.39 Å². The van der Waals surface area contributed by atoms with Crippen LogP contribution in [-0.4, -0.2) is 39.5 Å². The highest BCUT2D eigenvalue weighted by atomic mass is 19.1. The number of fused-ring (bicyclic) bond motifs is 1. The van der Waals surface area contributed by atoms with Gasteiger partial charge in [0.1, 0.15) is 5.60 Å². The van der Waals surface area contributed by atoms with Gasteiger partial charge in [0.05, 0.1) is 28.6 Å². The molecule has 3 amide bonds.